The van der Waals surface area contributed by atoms with E-state index in [1.54, 1.807) is 32.2 Å². The standard InChI is InChI=1S/C19H17FN8O/c1-3-17(29)25-24-11(2)16-9-22-18-19(23-16)28(27-26-18)10-13-7-12-5-4-6-21-15(12)8-14(13)20/h4-9H,3,10H2,1-2H3,(H,25,29)/b24-11+. The summed E-state index contributed by atoms with van der Waals surface area (Å²) in [7, 11) is 0. The Bertz CT molecular complexity index is 1250. The van der Waals surface area contributed by atoms with E-state index in [1.165, 1.54) is 16.9 Å². The Morgan fingerprint density at radius 1 is 1.31 bits per heavy atom. The van der Waals surface area contributed by atoms with Crippen molar-refractivity contribution in [1.29, 1.82) is 0 Å². The lowest BCUT2D eigenvalue weighted by Crippen LogP contribution is -2.18. The van der Waals surface area contributed by atoms with E-state index in [4.69, 9.17) is 0 Å². The molecule has 4 rings (SSSR count). The lowest BCUT2D eigenvalue weighted by atomic mass is 10.1. The summed E-state index contributed by atoms with van der Waals surface area (Å²) in [6.07, 6.45) is 3.45. The molecule has 1 amide bonds. The third kappa shape index (κ3) is 3.77. The van der Waals surface area contributed by atoms with Crippen LogP contribution in [-0.2, 0) is 11.3 Å². The fourth-order valence-corrected chi connectivity index (χ4v) is 2.74. The number of aromatic nitrogens is 6. The van der Waals surface area contributed by atoms with Crippen LogP contribution in [0.15, 0.2) is 41.8 Å². The zero-order valence-electron chi connectivity index (χ0n) is 15.8. The van der Waals surface area contributed by atoms with Crippen molar-refractivity contribution in [3.63, 3.8) is 0 Å². The van der Waals surface area contributed by atoms with Crippen molar-refractivity contribution in [2.75, 3.05) is 0 Å². The van der Waals surface area contributed by atoms with Gasteiger partial charge in [-0.2, -0.15) is 5.10 Å². The number of hydrogen-bond acceptors (Lipinski definition) is 7. The predicted molar refractivity (Wildman–Crippen MR) is 105 cm³/mol. The molecule has 29 heavy (non-hydrogen) atoms. The minimum absolute atomic E-state index is 0.133. The molecule has 1 N–H and O–H groups in total. The Hall–Kier alpha value is -3.82. The summed E-state index contributed by atoms with van der Waals surface area (Å²) in [5, 5.41) is 12.9. The number of amides is 1. The first-order valence-electron chi connectivity index (χ1n) is 8.98. The van der Waals surface area contributed by atoms with Gasteiger partial charge in [-0.1, -0.05) is 18.2 Å². The van der Waals surface area contributed by atoms with Crippen molar-refractivity contribution < 1.29 is 9.18 Å². The quantitative estimate of drug-likeness (QED) is 0.412. The predicted octanol–water partition coefficient (Wildman–Crippen LogP) is 2.21. The summed E-state index contributed by atoms with van der Waals surface area (Å²) in [5.41, 5.74) is 5.13. The SMILES string of the molecule is CCC(=O)N/N=C(\C)c1cnc2nnn(Cc3cc4cccnc4cc3F)c2n1. The normalized spacial score (nSPS) is 11.9. The van der Waals surface area contributed by atoms with Gasteiger partial charge in [-0.15, -0.1) is 5.10 Å². The molecule has 3 heterocycles. The van der Waals surface area contributed by atoms with Gasteiger partial charge in [-0.25, -0.2) is 24.5 Å². The highest BCUT2D eigenvalue weighted by molar-refractivity contribution is 5.98. The Morgan fingerprint density at radius 2 is 2.17 bits per heavy atom. The molecule has 0 saturated heterocycles. The maximum absolute atomic E-state index is 14.5. The second kappa shape index (κ2) is 7.66. The van der Waals surface area contributed by atoms with Crippen molar-refractivity contribution in [1.82, 2.24) is 35.4 Å². The number of rotatable bonds is 5. The maximum Gasteiger partial charge on any atom is 0.239 e. The van der Waals surface area contributed by atoms with Gasteiger partial charge < -0.3 is 0 Å². The Labute approximate surface area is 164 Å². The van der Waals surface area contributed by atoms with Crippen LogP contribution in [0.2, 0.25) is 0 Å². The largest absolute Gasteiger partial charge is 0.273 e. The lowest BCUT2D eigenvalue weighted by Gasteiger charge is -2.06. The number of hydrogen-bond donors (Lipinski definition) is 1. The number of benzene rings is 1. The number of hydrazone groups is 1. The van der Waals surface area contributed by atoms with Gasteiger partial charge in [-0.3, -0.25) is 9.78 Å². The van der Waals surface area contributed by atoms with Crippen LogP contribution in [0.4, 0.5) is 4.39 Å². The van der Waals surface area contributed by atoms with Crippen LogP contribution in [0.1, 0.15) is 31.5 Å². The average molecular weight is 392 g/mol. The molecule has 0 fully saturated rings. The van der Waals surface area contributed by atoms with Gasteiger partial charge in [0.1, 0.15) is 11.5 Å². The van der Waals surface area contributed by atoms with Crippen molar-refractivity contribution in [2.45, 2.75) is 26.8 Å². The number of halogens is 1. The van der Waals surface area contributed by atoms with Crippen LogP contribution in [0, 0.1) is 5.82 Å². The summed E-state index contributed by atoms with van der Waals surface area (Å²) in [5.74, 6) is -0.588. The smallest absolute Gasteiger partial charge is 0.239 e. The summed E-state index contributed by atoms with van der Waals surface area (Å²) >= 11 is 0. The molecule has 0 unspecified atom stereocenters. The first-order valence-corrected chi connectivity index (χ1v) is 8.98. The highest BCUT2D eigenvalue weighted by atomic mass is 19.1. The fraction of sp³-hybridized carbons (Fsp3) is 0.211. The summed E-state index contributed by atoms with van der Waals surface area (Å²) in [6.45, 7) is 3.57. The number of carbonyl (C=O) groups excluding carboxylic acids is 1. The van der Waals surface area contributed by atoms with Crippen LogP contribution in [-0.4, -0.2) is 41.6 Å². The third-order valence-corrected chi connectivity index (χ3v) is 4.36. The Balaban J connectivity index is 1.68. The third-order valence-electron chi connectivity index (χ3n) is 4.36. The van der Waals surface area contributed by atoms with Crippen molar-refractivity contribution in [2.24, 2.45) is 5.10 Å². The molecular weight excluding hydrogens is 375 g/mol. The molecule has 146 valence electrons. The molecule has 0 saturated carbocycles. The molecule has 0 aliphatic heterocycles. The number of pyridine rings is 1. The molecule has 4 aromatic rings. The molecule has 0 aliphatic carbocycles. The fourth-order valence-electron chi connectivity index (χ4n) is 2.74. The molecule has 1 aromatic carbocycles. The molecule has 0 spiro atoms. The van der Waals surface area contributed by atoms with E-state index < -0.39 is 0 Å². The monoisotopic (exact) mass is 392 g/mol. The lowest BCUT2D eigenvalue weighted by molar-refractivity contribution is -0.120. The van der Waals surface area contributed by atoms with E-state index in [1.807, 2.05) is 6.07 Å². The topological polar surface area (TPSA) is 111 Å². The second-order valence-electron chi connectivity index (χ2n) is 6.38. The Kier molecular flexibility index (Phi) is 4.90. The Morgan fingerprint density at radius 3 is 3.00 bits per heavy atom. The van der Waals surface area contributed by atoms with E-state index in [2.05, 4.69) is 35.8 Å². The van der Waals surface area contributed by atoms with Gasteiger partial charge in [0.15, 0.2) is 5.65 Å². The van der Waals surface area contributed by atoms with Crippen molar-refractivity contribution in [3.05, 3.63) is 53.7 Å². The van der Waals surface area contributed by atoms with Gasteiger partial charge in [0.2, 0.25) is 11.6 Å². The van der Waals surface area contributed by atoms with Crippen molar-refractivity contribution in [3.8, 4) is 0 Å². The van der Waals surface area contributed by atoms with E-state index in [0.29, 0.717) is 40.2 Å². The van der Waals surface area contributed by atoms with Gasteiger partial charge in [0.25, 0.3) is 0 Å². The van der Waals surface area contributed by atoms with Crippen LogP contribution >= 0.6 is 0 Å². The van der Waals surface area contributed by atoms with Crippen LogP contribution in [0.5, 0.6) is 0 Å². The zero-order chi connectivity index (χ0) is 20.4. The van der Waals surface area contributed by atoms with E-state index in [9.17, 15) is 9.18 Å². The molecule has 0 aliphatic rings. The highest BCUT2D eigenvalue weighted by Gasteiger charge is 2.13. The molecule has 10 heteroatoms. The van der Waals surface area contributed by atoms with Gasteiger partial charge in [-0.05, 0) is 19.1 Å². The van der Waals surface area contributed by atoms with E-state index in [0.717, 1.165) is 5.39 Å². The number of fused-ring (bicyclic) bond motifs is 2. The molecular formula is C19H17FN8O. The molecule has 3 aromatic heterocycles. The summed E-state index contributed by atoms with van der Waals surface area (Å²) < 4.78 is 16.0. The highest BCUT2D eigenvalue weighted by Crippen LogP contribution is 2.19. The van der Waals surface area contributed by atoms with Crippen LogP contribution in [0.25, 0.3) is 22.2 Å². The van der Waals surface area contributed by atoms with Gasteiger partial charge >= 0.3 is 0 Å². The van der Waals surface area contributed by atoms with Crippen molar-refractivity contribution >= 4 is 33.8 Å². The van der Waals surface area contributed by atoms with Gasteiger partial charge in [0, 0.05) is 29.6 Å². The minimum atomic E-state index is -0.385. The first kappa shape index (κ1) is 18.5. The molecule has 0 atom stereocenters. The maximum atomic E-state index is 14.5. The van der Waals surface area contributed by atoms with Gasteiger partial charge in [0.05, 0.1) is 24.0 Å². The number of carbonyl (C=O) groups is 1. The molecule has 0 bridgehead atoms. The van der Waals surface area contributed by atoms with Crippen LogP contribution in [0.3, 0.4) is 0 Å². The molecule has 9 nitrogen and oxygen atoms in total. The molecule has 0 radical (unpaired) electrons. The van der Waals surface area contributed by atoms with E-state index >= 15 is 0 Å². The summed E-state index contributed by atoms with van der Waals surface area (Å²) in [6, 6.07) is 6.79. The second-order valence-corrected chi connectivity index (χ2v) is 6.38. The number of nitrogens with one attached hydrogen (secondary N) is 1. The number of nitrogens with zero attached hydrogens (tertiary/aromatic N) is 7. The van der Waals surface area contributed by atoms with Crippen LogP contribution < -0.4 is 5.43 Å². The minimum Gasteiger partial charge on any atom is -0.273 e. The zero-order valence-corrected chi connectivity index (χ0v) is 15.8. The summed E-state index contributed by atoms with van der Waals surface area (Å²) in [4.78, 5) is 24.3. The average Bonchev–Trinajstić information content (AvgIpc) is 3.14. The first-order chi connectivity index (χ1) is 14.0. The van der Waals surface area contributed by atoms with E-state index in [-0.39, 0.29) is 18.3 Å².